The molecule has 51 heavy (non-hydrogen) atoms. The number of nitrogens with one attached hydrogen (secondary N) is 2. The molecule has 1 aliphatic rings. The van der Waals surface area contributed by atoms with E-state index in [1.54, 1.807) is 24.3 Å². The van der Waals surface area contributed by atoms with Crippen molar-refractivity contribution in [1.82, 2.24) is 15.2 Å². The van der Waals surface area contributed by atoms with Crippen molar-refractivity contribution >= 4 is 17.4 Å². The van der Waals surface area contributed by atoms with Crippen LogP contribution in [0.2, 0.25) is 0 Å². The third kappa shape index (κ3) is 8.93. The molecule has 0 amide bonds. The molecule has 1 fully saturated rings. The molecule has 1 aliphatic heterocycles. The van der Waals surface area contributed by atoms with Gasteiger partial charge < -0.3 is 40.4 Å². The van der Waals surface area contributed by atoms with Crippen LogP contribution in [-0.4, -0.2) is 70.1 Å². The van der Waals surface area contributed by atoms with Crippen molar-refractivity contribution in [2.24, 2.45) is 0 Å². The fourth-order valence-corrected chi connectivity index (χ4v) is 6.82. The summed E-state index contributed by atoms with van der Waals surface area (Å²) < 4.78 is 20.8. The number of aliphatic hydroxyl groups excluding tert-OH is 1. The Morgan fingerprint density at radius 2 is 1.71 bits per heavy atom. The Morgan fingerprint density at radius 1 is 0.980 bits per heavy atom. The zero-order chi connectivity index (χ0) is 36.4. The Hall–Kier alpha value is -5.23. The Morgan fingerprint density at radius 3 is 2.43 bits per heavy atom. The zero-order valence-electron chi connectivity index (χ0n) is 28.5. The van der Waals surface area contributed by atoms with Crippen LogP contribution in [0.3, 0.4) is 0 Å². The number of carbonyl (C=O) groups is 1. The molecule has 5 aromatic rings. The summed E-state index contributed by atoms with van der Waals surface area (Å²) in [5.41, 5.74) is 3.99. The minimum Gasteiger partial charge on any atom is -0.508 e. The van der Waals surface area contributed by atoms with Gasteiger partial charge >= 0.3 is 0 Å². The number of phenols is 2. The van der Waals surface area contributed by atoms with Gasteiger partial charge in [0, 0.05) is 47.2 Å². The third-order valence-electron chi connectivity index (χ3n) is 9.57. The number of aryl methyl sites for hydroxylation is 1. The maximum absolute atomic E-state index is 15.0. The number of phenolic OH excluding ortho intramolecular Hbond substituents is 2. The highest BCUT2D eigenvalue weighted by Gasteiger charge is 2.39. The molecule has 0 unspecified atom stereocenters. The number of aromatic amines is 1. The van der Waals surface area contributed by atoms with Crippen LogP contribution in [0.25, 0.3) is 10.9 Å². The lowest BCUT2D eigenvalue weighted by atomic mass is 9.67. The minimum atomic E-state index is -0.942. The second kappa shape index (κ2) is 17.1. The fraction of sp³-hybridized carbons (Fsp3) is 0.300. The quantitative estimate of drug-likeness (QED) is 0.0720. The summed E-state index contributed by atoms with van der Waals surface area (Å²) in [7, 11) is 2.14. The molecular weight excluding hydrogens is 653 g/mol. The lowest BCUT2D eigenvalue weighted by Crippen LogP contribution is -2.41. The summed E-state index contributed by atoms with van der Waals surface area (Å²) in [5.74, 6) is 0.288. The average Bonchev–Trinajstić information content (AvgIpc) is 3.13. The number of aromatic nitrogens is 1. The largest absolute Gasteiger partial charge is 0.508 e. The van der Waals surface area contributed by atoms with Gasteiger partial charge in [-0.15, -0.1) is 0 Å². The smallest absolute Gasteiger partial charge is 0.290 e. The van der Waals surface area contributed by atoms with Crippen LogP contribution in [0.1, 0.15) is 53.2 Å². The number of aromatic hydroxyl groups is 2. The van der Waals surface area contributed by atoms with E-state index in [0.717, 1.165) is 49.9 Å². The number of halogens is 1. The van der Waals surface area contributed by atoms with Crippen molar-refractivity contribution in [1.29, 1.82) is 0 Å². The molecule has 10 nitrogen and oxygen atoms in total. The highest BCUT2D eigenvalue weighted by atomic mass is 19.1. The zero-order valence-corrected chi connectivity index (χ0v) is 28.5. The average molecular weight is 698 g/mol. The Balaban J connectivity index is 0.00000162. The van der Waals surface area contributed by atoms with Gasteiger partial charge in [0.25, 0.3) is 6.47 Å². The standard InChI is InChI=1S/C39H42FN3O5.CH2O2/c1-43-19-17-39(18-20-43,28-7-3-2-4-8-28)32-22-26(9-14-34(32)44)6-5-21-48-29-11-10-27(33(40)23-29)24-41-25-36(46)30-12-15-35(45)38-31(30)13-16-37(47)42-38;2-1-3/h2-4,7-16,22-23,36,41,44-46H,5-6,17-21,24-25H2,1H3,(H,42,47);1H,(H,2,3)/t36-;/m0./s1. The summed E-state index contributed by atoms with van der Waals surface area (Å²) in [6.07, 6.45) is 2.42. The summed E-state index contributed by atoms with van der Waals surface area (Å²) in [5, 5.41) is 42.4. The molecule has 0 radical (unpaired) electrons. The van der Waals surface area contributed by atoms with Crippen molar-refractivity contribution in [2.75, 3.05) is 33.3 Å². The number of rotatable bonds is 12. The van der Waals surface area contributed by atoms with E-state index >= 15 is 0 Å². The highest BCUT2D eigenvalue weighted by Crippen LogP contribution is 2.45. The van der Waals surface area contributed by atoms with E-state index in [1.807, 2.05) is 18.2 Å². The van der Waals surface area contributed by atoms with Crippen molar-refractivity contribution < 1.29 is 34.3 Å². The SMILES string of the molecule is CN1CCC(c2ccccc2)(c2cc(CCCOc3ccc(CNC[C@H](O)c4ccc(O)c5[nH]c(=O)ccc45)c(F)c3)ccc2O)CC1.O=CO. The molecule has 6 rings (SSSR count). The number of fused-ring (bicyclic) bond motifs is 1. The van der Waals surface area contributed by atoms with Crippen LogP contribution < -0.4 is 15.6 Å². The molecule has 0 aliphatic carbocycles. The molecule has 6 N–H and O–H groups in total. The summed E-state index contributed by atoms with van der Waals surface area (Å²) in [6, 6.07) is 27.1. The van der Waals surface area contributed by atoms with E-state index in [4.69, 9.17) is 14.6 Å². The van der Waals surface area contributed by atoms with Crippen LogP contribution in [0, 0.1) is 5.82 Å². The van der Waals surface area contributed by atoms with Crippen LogP contribution in [0.5, 0.6) is 17.2 Å². The predicted molar refractivity (Wildman–Crippen MR) is 194 cm³/mol. The summed E-state index contributed by atoms with van der Waals surface area (Å²) in [6.45, 7) is 2.42. The topological polar surface area (TPSA) is 155 Å². The summed E-state index contributed by atoms with van der Waals surface area (Å²) >= 11 is 0. The monoisotopic (exact) mass is 697 g/mol. The maximum Gasteiger partial charge on any atom is 0.290 e. The molecule has 268 valence electrons. The number of H-pyrrole nitrogens is 1. The first-order chi connectivity index (χ1) is 24.6. The maximum atomic E-state index is 15.0. The molecule has 1 aromatic heterocycles. The van der Waals surface area contributed by atoms with E-state index < -0.39 is 11.9 Å². The molecule has 2 heterocycles. The van der Waals surface area contributed by atoms with E-state index in [2.05, 4.69) is 52.6 Å². The number of piperidine rings is 1. The Bertz CT molecular complexity index is 1980. The van der Waals surface area contributed by atoms with Crippen LogP contribution in [0.4, 0.5) is 4.39 Å². The minimum absolute atomic E-state index is 0.0785. The second-order valence-corrected chi connectivity index (χ2v) is 12.8. The first kappa shape index (κ1) is 37.0. The Kier molecular flexibility index (Phi) is 12.4. The van der Waals surface area contributed by atoms with Gasteiger partial charge in [-0.3, -0.25) is 9.59 Å². The number of benzene rings is 4. The van der Waals surface area contributed by atoms with Crippen LogP contribution >= 0.6 is 0 Å². The molecule has 0 saturated carbocycles. The third-order valence-corrected chi connectivity index (χ3v) is 9.57. The van der Waals surface area contributed by atoms with Crippen LogP contribution in [-0.2, 0) is 23.2 Å². The molecule has 0 spiro atoms. The number of aliphatic hydroxyl groups is 1. The molecule has 1 saturated heterocycles. The van der Waals surface area contributed by atoms with Gasteiger partial charge in [0.05, 0.1) is 18.2 Å². The van der Waals surface area contributed by atoms with Crippen molar-refractivity contribution in [3.05, 3.63) is 135 Å². The lowest BCUT2D eigenvalue weighted by Gasteiger charge is -2.42. The van der Waals surface area contributed by atoms with Crippen LogP contribution in [0.15, 0.2) is 95.8 Å². The number of carboxylic acid groups (broad SMARTS) is 1. The first-order valence-corrected chi connectivity index (χ1v) is 16.9. The van der Waals surface area contributed by atoms with Gasteiger partial charge in [0.1, 0.15) is 23.1 Å². The molecule has 1 atom stereocenters. The van der Waals surface area contributed by atoms with Gasteiger partial charge in [0.2, 0.25) is 5.56 Å². The van der Waals surface area contributed by atoms with Gasteiger partial charge in [-0.2, -0.15) is 0 Å². The van der Waals surface area contributed by atoms with Gasteiger partial charge in [0.15, 0.2) is 0 Å². The number of hydrogen-bond acceptors (Lipinski definition) is 8. The second-order valence-electron chi connectivity index (χ2n) is 12.8. The van der Waals surface area contributed by atoms with E-state index in [0.29, 0.717) is 34.6 Å². The molecule has 4 aromatic carbocycles. The van der Waals surface area contributed by atoms with Crippen molar-refractivity contribution in [3.8, 4) is 17.2 Å². The number of nitrogens with zero attached hydrogens (tertiary/aromatic N) is 1. The first-order valence-electron chi connectivity index (χ1n) is 16.9. The Labute approximate surface area is 295 Å². The fourth-order valence-electron chi connectivity index (χ4n) is 6.82. The van der Waals surface area contributed by atoms with Crippen molar-refractivity contribution in [3.63, 3.8) is 0 Å². The normalized spacial score (nSPS) is 14.7. The van der Waals surface area contributed by atoms with Gasteiger partial charge in [-0.25, -0.2) is 4.39 Å². The number of likely N-dealkylation sites (tertiary alicyclic amines) is 1. The van der Waals surface area contributed by atoms with E-state index in [9.17, 15) is 24.5 Å². The number of hydrogen-bond donors (Lipinski definition) is 6. The van der Waals surface area contributed by atoms with E-state index in [-0.39, 0.29) is 41.8 Å². The van der Waals surface area contributed by atoms with Gasteiger partial charge in [-0.1, -0.05) is 54.6 Å². The highest BCUT2D eigenvalue weighted by molar-refractivity contribution is 5.87. The molecular formula is C40H44FN3O7. The van der Waals surface area contributed by atoms with Crippen molar-refractivity contribution in [2.45, 2.75) is 43.7 Å². The lowest BCUT2D eigenvalue weighted by molar-refractivity contribution is -0.122. The molecule has 11 heteroatoms. The van der Waals surface area contributed by atoms with E-state index in [1.165, 1.54) is 23.8 Å². The molecule has 0 bridgehead atoms. The summed E-state index contributed by atoms with van der Waals surface area (Å²) in [4.78, 5) is 25.0. The number of ether oxygens (including phenoxy) is 1. The number of pyridine rings is 1. The predicted octanol–water partition coefficient (Wildman–Crippen LogP) is 5.63. The van der Waals surface area contributed by atoms with Gasteiger partial charge in [-0.05, 0) is 86.8 Å².